The second-order valence-corrected chi connectivity index (χ2v) is 28.3. The van der Waals surface area contributed by atoms with Gasteiger partial charge in [-0.25, -0.2) is 0 Å². The zero-order valence-corrected chi connectivity index (χ0v) is 31.2. The van der Waals surface area contributed by atoms with Crippen molar-refractivity contribution < 1.29 is 21.2 Å². The normalized spacial score (nSPS) is 18.5. The second kappa shape index (κ2) is 16.1. The number of rotatable bonds is 20. The van der Waals surface area contributed by atoms with E-state index in [1.54, 1.807) is 0 Å². The molecule has 0 radical (unpaired) electrons. The summed E-state index contributed by atoms with van der Waals surface area (Å²) >= 11 is 0. The van der Waals surface area contributed by atoms with Gasteiger partial charge in [0.15, 0.2) is 16.6 Å². The van der Waals surface area contributed by atoms with Gasteiger partial charge in [0, 0.05) is 26.2 Å². The first-order valence-electron chi connectivity index (χ1n) is 13.6. The van der Waals surface area contributed by atoms with E-state index in [1.807, 2.05) is 13.1 Å². The molecule has 13 heteroatoms. The lowest BCUT2D eigenvalue weighted by Gasteiger charge is -2.43. The van der Waals surface area contributed by atoms with Gasteiger partial charge in [0.1, 0.15) is 0 Å². The predicted octanol–water partition coefficient (Wildman–Crippen LogP) is 3.64. The monoisotopic (exact) mass is 598 g/mol. The van der Waals surface area contributed by atoms with E-state index < -0.39 is 34.2 Å². The lowest BCUT2D eigenvalue weighted by atomic mass is 10.2. The molecule has 0 saturated carbocycles. The molecule has 0 amide bonds. The zero-order chi connectivity index (χ0) is 29.2. The lowest BCUT2D eigenvalue weighted by Crippen LogP contribution is -2.63. The number of hydrogen-bond donors (Lipinski definition) is 0. The van der Waals surface area contributed by atoms with E-state index in [0.717, 1.165) is 39.0 Å². The zero-order valence-electron chi connectivity index (χ0n) is 27.2. The molecule has 0 aliphatic heterocycles. The highest BCUT2D eigenvalue weighted by Crippen LogP contribution is 2.29. The molecule has 0 spiro atoms. The Hall–Kier alpha value is 0.508. The first-order chi connectivity index (χ1) is 16.5. The molecule has 0 aromatic heterocycles. The van der Waals surface area contributed by atoms with Crippen molar-refractivity contribution in [3.63, 3.8) is 0 Å². The molecule has 0 aliphatic rings. The van der Waals surface area contributed by atoms with Crippen molar-refractivity contribution >= 4 is 34.2 Å². The Morgan fingerprint density at radius 2 is 0.757 bits per heavy atom. The van der Waals surface area contributed by atoms with Crippen LogP contribution in [0.15, 0.2) is 0 Å². The van der Waals surface area contributed by atoms with Crippen LogP contribution in [0.5, 0.6) is 0 Å². The molecule has 0 rings (SSSR count). The van der Waals surface area contributed by atoms with E-state index >= 15 is 0 Å². The first-order valence-corrected chi connectivity index (χ1v) is 24.8. The third-order valence-corrected chi connectivity index (χ3v) is 17.4. The summed E-state index contributed by atoms with van der Waals surface area (Å²) in [4.78, 5) is 8.73. The number of nitrogens with zero attached hydrogens (tertiary/aromatic N) is 4. The Morgan fingerprint density at radius 3 is 0.973 bits per heavy atom. The maximum absolute atomic E-state index is 7.01. The van der Waals surface area contributed by atoms with Crippen LogP contribution in [-0.4, -0.2) is 149 Å². The van der Waals surface area contributed by atoms with Gasteiger partial charge in [0.2, 0.25) is 0 Å². The fourth-order valence-corrected chi connectivity index (χ4v) is 19.2. The van der Waals surface area contributed by atoms with Crippen molar-refractivity contribution in [2.45, 2.75) is 77.4 Å². The molecule has 4 atom stereocenters. The van der Waals surface area contributed by atoms with E-state index in [9.17, 15) is 0 Å². The van der Waals surface area contributed by atoms with Crippen molar-refractivity contribution in [2.24, 2.45) is 0 Å². The molecule has 4 unspecified atom stereocenters. The third-order valence-electron chi connectivity index (χ3n) is 5.05. The van der Waals surface area contributed by atoms with Crippen LogP contribution < -0.4 is 0 Å². The summed E-state index contributed by atoms with van der Waals surface area (Å²) in [6.45, 7) is 20.7. The van der Waals surface area contributed by atoms with Crippen LogP contribution in [0.4, 0.5) is 0 Å². The Balaban J connectivity index is 6.27. The second-order valence-electron chi connectivity index (χ2n) is 13.4. The molecule has 224 valence electrons. The van der Waals surface area contributed by atoms with Crippen LogP contribution in [0.2, 0.25) is 52.4 Å². The molecule has 0 fully saturated rings. The van der Waals surface area contributed by atoms with Crippen LogP contribution >= 0.6 is 0 Å². The van der Waals surface area contributed by atoms with E-state index in [0.29, 0.717) is 0 Å². The van der Waals surface area contributed by atoms with Crippen molar-refractivity contribution in [3.8, 4) is 0 Å². The van der Waals surface area contributed by atoms with Crippen LogP contribution in [0.3, 0.4) is 0 Å². The van der Waals surface area contributed by atoms with Gasteiger partial charge in [0.25, 0.3) is 0 Å². The predicted molar refractivity (Wildman–Crippen MR) is 166 cm³/mol. The maximum Gasteiger partial charge on any atom is 0.480 e. The number of hydrogen-bond acceptors (Lipinski definition) is 9. The SMILES string of the molecule is CN(C)CCC(CN(C)C)O[Si](C)(O[Si](C)(C)C)O[Si](C)(OC(CCN(C)C)CN(C)C)O[Si](C)(C)C. The van der Waals surface area contributed by atoms with E-state index in [-0.39, 0.29) is 12.2 Å². The minimum absolute atomic E-state index is 0.0122. The molecule has 37 heavy (non-hydrogen) atoms. The summed E-state index contributed by atoms with van der Waals surface area (Å²) in [5.74, 6) is 0. The van der Waals surface area contributed by atoms with Crippen LogP contribution in [0.1, 0.15) is 12.8 Å². The van der Waals surface area contributed by atoms with Crippen LogP contribution in [0, 0.1) is 0 Å². The van der Waals surface area contributed by atoms with Gasteiger partial charge in [-0.3, -0.25) is 0 Å². The molecule has 0 heterocycles. The van der Waals surface area contributed by atoms with Gasteiger partial charge in [-0.15, -0.1) is 0 Å². The fourth-order valence-electron chi connectivity index (χ4n) is 4.19. The summed E-state index contributed by atoms with van der Waals surface area (Å²) in [5, 5.41) is 0. The van der Waals surface area contributed by atoms with Crippen molar-refractivity contribution in [3.05, 3.63) is 0 Å². The van der Waals surface area contributed by atoms with E-state index in [4.69, 9.17) is 21.2 Å². The standard InChI is InChI=1S/C24H62N4O5Si4/c1-25(2)19-17-23(21-27(5)6)29-36(15,31-34(9,10)11)33-37(16,32-35(12,13)14)30-24(22-28(7)8)18-20-26(3)4/h23-24H,17-22H2,1-16H3. The topological polar surface area (TPSA) is 59.1 Å². The van der Waals surface area contributed by atoms with Crippen LogP contribution in [-0.2, 0) is 21.2 Å². The summed E-state index contributed by atoms with van der Waals surface area (Å²) in [7, 11) is 6.40. The van der Waals surface area contributed by atoms with Gasteiger partial charge >= 0.3 is 17.6 Å². The smallest absolute Gasteiger partial charge is 0.416 e. The fraction of sp³-hybridized carbons (Fsp3) is 1.00. The molecule has 0 N–H and O–H groups in total. The minimum Gasteiger partial charge on any atom is -0.416 e. The Morgan fingerprint density at radius 1 is 0.459 bits per heavy atom. The van der Waals surface area contributed by atoms with Crippen molar-refractivity contribution in [2.75, 3.05) is 82.6 Å². The average Bonchev–Trinajstić information content (AvgIpc) is 2.59. The highest BCUT2D eigenvalue weighted by molar-refractivity contribution is 6.86. The highest BCUT2D eigenvalue weighted by atomic mass is 28.5. The molecule has 0 aromatic carbocycles. The third kappa shape index (κ3) is 20.1. The van der Waals surface area contributed by atoms with Gasteiger partial charge in [0.05, 0.1) is 12.2 Å². The van der Waals surface area contributed by atoms with Gasteiger partial charge in [-0.05, 0) is 122 Å². The summed E-state index contributed by atoms with van der Waals surface area (Å²) < 4.78 is 34.3. The highest BCUT2D eigenvalue weighted by Gasteiger charge is 2.53. The summed E-state index contributed by atoms with van der Waals surface area (Å²) in [6, 6.07) is 0. The Kier molecular flexibility index (Phi) is 16.3. The van der Waals surface area contributed by atoms with Crippen LogP contribution in [0.25, 0.3) is 0 Å². The molecular formula is C24H62N4O5Si4. The molecule has 0 aliphatic carbocycles. The molecule has 0 saturated heterocycles. The van der Waals surface area contributed by atoms with Gasteiger partial charge in [-0.1, -0.05) is 0 Å². The minimum atomic E-state index is -3.15. The first kappa shape index (κ1) is 37.5. The van der Waals surface area contributed by atoms with Crippen molar-refractivity contribution in [1.82, 2.24) is 19.6 Å². The maximum atomic E-state index is 7.01. The Bertz CT molecular complexity index is 583. The lowest BCUT2D eigenvalue weighted by molar-refractivity contribution is 0.0308. The molecule has 0 aromatic rings. The molecule has 0 bridgehead atoms. The largest absolute Gasteiger partial charge is 0.480 e. The van der Waals surface area contributed by atoms with Gasteiger partial charge in [-0.2, -0.15) is 0 Å². The molecular weight excluding hydrogens is 537 g/mol. The summed E-state index contributed by atoms with van der Waals surface area (Å²) in [6.07, 6.45) is 1.77. The van der Waals surface area contributed by atoms with Gasteiger partial charge < -0.3 is 40.8 Å². The molecule has 9 nitrogen and oxygen atoms in total. The quantitative estimate of drug-likeness (QED) is 0.196. The number of likely N-dealkylation sites (N-methyl/N-ethyl adjacent to an activating group) is 2. The summed E-state index contributed by atoms with van der Waals surface area (Å²) in [5.41, 5.74) is 0. The van der Waals surface area contributed by atoms with E-state index in [2.05, 4.69) is 115 Å². The van der Waals surface area contributed by atoms with E-state index in [1.165, 1.54) is 0 Å². The van der Waals surface area contributed by atoms with Crippen molar-refractivity contribution in [1.29, 1.82) is 0 Å². The Labute approximate surface area is 234 Å². The average molecular weight is 599 g/mol.